The maximum Gasteiger partial charge on any atom is 0.224 e. The van der Waals surface area contributed by atoms with Gasteiger partial charge >= 0.3 is 0 Å². The first-order valence-corrected chi connectivity index (χ1v) is 6.78. The third-order valence-electron chi connectivity index (χ3n) is 3.13. The number of carbonyl (C=O) groups is 1. The average Bonchev–Trinajstić information content (AvgIpc) is 2.96. The third-order valence-corrected chi connectivity index (χ3v) is 3.13. The molecule has 0 unspecified atom stereocenters. The van der Waals surface area contributed by atoms with Crippen LogP contribution in [0.4, 0.5) is 5.82 Å². The maximum absolute atomic E-state index is 11.0. The molecule has 0 aromatic carbocycles. The number of hydrogen-bond acceptors (Lipinski definition) is 8. The van der Waals surface area contributed by atoms with Crippen molar-refractivity contribution in [3.05, 3.63) is 12.4 Å². The summed E-state index contributed by atoms with van der Waals surface area (Å²) in [5.74, 6) is 1.19. The lowest BCUT2D eigenvalue weighted by atomic mass is 10.3. The molecule has 3 heterocycles. The number of anilines is 1. The van der Waals surface area contributed by atoms with Crippen molar-refractivity contribution >= 4 is 11.6 Å². The number of piperazine rings is 1. The van der Waals surface area contributed by atoms with Crippen LogP contribution < -0.4 is 10.2 Å². The van der Waals surface area contributed by atoms with E-state index in [0.29, 0.717) is 11.5 Å². The Morgan fingerprint density at radius 1 is 1.29 bits per heavy atom. The average molecular weight is 288 g/mol. The molecule has 21 heavy (non-hydrogen) atoms. The van der Waals surface area contributed by atoms with Crippen LogP contribution in [0.2, 0.25) is 0 Å². The molecule has 0 radical (unpaired) electrons. The molecule has 0 atom stereocenters. The van der Waals surface area contributed by atoms with E-state index in [1.54, 1.807) is 12.4 Å². The first-order valence-electron chi connectivity index (χ1n) is 6.78. The maximum atomic E-state index is 11.0. The van der Waals surface area contributed by atoms with Crippen molar-refractivity contribution in [2.75, 3.05) is 31.1 Å². The van der Waals surface area contributed by atoms with Crippen molar-refractivity contribution in [1.82, 2.24) is 35.5 Å². The number of nitrogens with zero attached hydrogens (tertiary/aromatic N) is 7. The molecule has 1 aliphatic rings. The molecule has 3 rings (SSSR count). The summed E-state index contributed by atoms with van der Waals surface area (Å²) >= 11 is 0. The van der Waals surface area contributed by atoms with Crippen LogP contribution in [0.1, 0.15) is 6.92 Å². The third kappa shape index (κ3) is 3.19. The Labute approximate surface area is 121 Å². The summed E-state index contributed by atoms with van der Waals surface area (Å²) in [5, 5.41) is 15.1. The van der Waals surface area contributed by atoms with Crippen LogP contribution in [0.15, 0.2) is 12.4 Å². The Bertz CT molecular complexity index is 616. The Hall–Kier alpha value is -2.42. The number of nitrogens with one attached hydrogen (secondary N) is 1. The second-order valence-electron chi connectivity index (χ2n) is 4.84. The van der Waals surface area contributed by atoms with Crippen molar-refractivity contribution < 1.29 is 4.79 Å². The Kier molecular flexibility index (Phi) is 3.82. The Morgan fingerprint density at radius 3 is 2.76 bits per heavy atom. The Balaban J connectivity index is 1.74. The second-order valence-corrected chi connectivity index (χ2v) is 4.84. The van der Waals surface area contributed by atoms with E-state index in [1.165, 1.54) is 11.7 Å². The second kappa shape index (κ2) is 5.92. The molecular formula is C12H16N8O. The lowest BCUT2D eigenvalue weighted by molar-refractivity contribution is -0.117. The van der Waals surface area contributed by atoms with E-state index in [0.717, 1.165) is 32.0 Å². The van der Waals surface area contributed by atoms with Crippen LogP contribution in [0.25, 0.3) is 11.5 Å². The summed E-state index contributed by atoms with van der Waals surface area (Å²) in [7, 11) is 0. The minimum absolute atomic E-state index is 0.0286. The molecule has 1 saturated heterocycles. The highest BCUT2D eigenvalue weighted by Crippen LogP contribution is 2.14. The number of tetrazole rings is 1. The lowest BCUT2D eigenvalue weighted by Gasteiger charge is -2.27. The Morgan fingerprint density at radius 2 is 2.10 bits per heavy atom. The van der Waals surface area contributed by atoms with Gasteiger partial charge in [-0.2, -0.15) is 4.80 Å². The molecule has 0 aliphatic carbocycles. The molecule has 9 nitrogen and oxygen atoms in total. The largest absolute Gasteiger partial charge is 0.353 e. The van der Waals surface area contributed by atoms with Crippen LogP contribution in [0, 0.1) is 0 Å². The summed E-state index contributed by atoms with van der Waals surface area (Å²) in [4.78, 5) is 23.2. The number of Topliss-reactive ketones (excluding diaryl/α,β-unsaturated/α-hetero) is 1. The van der Waals surface area contributed by atoms with Gasteiger partial charge in [0.1, 0.15) is 18.1 Å². The minimum atomic E-state index is -0.0286. The monoisotopic (exact) mass is 288 g/mol. The molecule has 0 bridgehead atoms. The number of carbonyl (C=O) groups excluding carboxylic acids is 1. The fourth-order valence-electron chi connectivity index (χ4n) is 2.11. The van der Waals surface area contributed by atoms with Gasteiger partial charge in [-0.15, -0.1) is 10.2 Å². The summed E-state index contributed by atoms with van der Waals surface area (Å²) < 4.78 is 0. The first kappa shape index (κ1) is 13.6. The quantitative estimate of drug-likeness (QED) is 0.774. The molecule has 1 fully saturated rings. The van der Waals surface area contributed by atoms with Crippen molar-refractivity contribution in [3.8, 4) is 11.5 Å². The first-order chi connectivity index (χ1) is 10.2. The standard InChI is InChI=1S/C12H16N8O/c1-9(21)8-20-17-12(16-18-20)10-6-15-11(7-14-10)19-4-2-13-3-5-19/h6-7,13H,2-5,8H2,1H3. The number of hydrogen-bond donors (Lipinski definition) is 1. The fraction of sp³-hybridized carbons (Fsp3) is 0.500. The molecule has 0 amide bonds. The van der Waals surface area contributed by atoms with Crippen LogP contribution in [0.3, 0.4) is 0 Å². The predicted molar refractivity (Wildman–Crippen MR) is 74.6 cm³/mol. The van der Waals surface area contributed by atoms with Gasteiger partial charge in [0.15, 0.2) is 5.78 Å². The highest BCUT2D eigenvalue weighted by atomic mass is 16.1. The van der Waals surface area contributed by atoms with Crippen LogP contribution in [0.5, 0.6) is 0 Å². The van der Waals surface area contributed by atoms with Gasteiger partial charge in [0.05, 0.1) is 12.4 Å². The van der Waals surface area contributed by atoms with Crippen LogP contribution in [-0.2, 0) is 11.3 Å². The van der Waals surface area contributed by atoms with E-state index in [2.05, 4.69) is 35.6 Å². The van der Waals surface area contributed by atoms with E-state index in [-0.39, 0.29) is 12.3 Å². The molecule has 110 valence electrons. The highest BCUT2D eigenvalue weighted by molar-refractivity contribution is 5.75. The van der Waals surface area contributed by atoms with Crippen molar-refractivity contribution in [2.24, 2.45) is 0 Å². The lowest BCUT2D eigenvalue weighted by Crippen LogP contribution is -2.43. The zero-order valence-electron chi connectivity index (χ0n) is 11.7. The van der Waals surface area contributed by atoms with Gasteiger partial charge < -0.3 is 10.2 Å². The van der Waals surface area contributed by atoms with E-state index in [1.807, 2.05) is 0 Å². The zero-order chi connectivity index (χ0) is 14.7. The van der Waals surface area contributed by atoms with E-state index >= 15 is 0 Å². The summed E-state index contributed by atoms with van der Waals surface area (Å²) in [6.07, 6.45) is 3.35. The van der Waals surface area contributed by atoms with Crippen molar-refractivity contribution in [1.29, 1.82) is 0 Å². The summed E-state index contributed by atoms with van der Waals surface area (Å²) in [5.41, 5.74) is 0.545. The molecular weight excluding hydrogens is 272 g/mol. The zero-order valence-corrected chi connectivity index (χ0v) is 11.7. The molecule has 2 aromatic rings. The number of ketones is 1. The molecule has 9 heteroatoms. The van der Waals surface area contributed by atoms with Crippen molar-refractivity contribution in [2.45, 2.75) is 13.5 Å². The minimum Gasteiger partial charge on any atom is -0.353 e. The summed E-state index contributed by atoms with van der Waals surface area (Å²) in [6, 6.07) is 0. The fourth-order valence-corrected chi connectivity index (χ4v) is 2.11. The smallest absolute Gasteiger partial charge is 0.224 e. The molecule has 1 aliphatic heterocycles. The molecule has 0 saturated carbocycles. The van der Waals surface area contributed by atoms with Gasteiger partial charge in [-0.05, 0) is 12.1 Å². The topological polar surface area (TPSA) is 102 Å². The van der Waals surface area contributed by atoms with Gasteiger partial charge in [-0.25, -0.2) is 9.97 Å². The van der Waals surface area contributed by atoms with Gasteiger partial charge in [0.2, 0.25) is 5.82 Å². The normalized spacial score (nSPS) is 15.2. The molecule has 2 aromatic heterocycles. The molecule has 1 N–H and O–H groups in total. The van der Waals surface area contributed by atoms with E-state index in [9.17, 15) is 4.79 Å². The van der Waals surface area contributed by atoms with Gasteiger partial charge in [-0.1, -0.05) is 0 Å². The van der Waals surface area contributed by atoms with Crippen LogP contribution >= 0.6 is 0 Å². The van der Waals surface area contributed by atoms with Crippen molar-refractivity contribution in [3.63, 3.8) is 0 Å². The van der Waals surface area contributed by atoms with Crippen LogP contribution in [-0.4, -0.2) is 62.1 Å². The SMILES string of the molecule is CC(=O)Cn1nnc(-c2cnc(N3CCNCC3)cn2)n1. The number of aromatic nitrogens is 6. The van der Waals surface area contributed by atoms with Gasteiger partial charge in [-0.3, -0.25) is 4.79 Å². The summed E-state index contributed by atoms with van der Waals surface area (Å²) in [6.45, 7) is 5.32. The van der Waals surface area contributed by atoms with Gasteiger partial charge in [0.25, 0.3) is 0 Å². The molecule has 0 spiro atoms. The highest BCUT2D eigenvalue weighted by Gasteiger charge is 2.13. The van der Waals surface area contributed by atoms with E-state index in [4.69, 9.17) is 0 Å². The van der Waals surface area contributed by atoms with E-state index < -0.39 is 0 Å². The predicted octanol–water partition coefficient (Wildman–Crippen LogP) is -0.871. The van der Waals surface area contributed by atoms with Gasteiger partial charge in [0, 0.05) is 26.2 Å². The number of rotatable bonds is 4.